The van der Waals surface area contributed by atoms with Crippen LogP contribution in [0.1, 0.15) is 17.5 Å². The van der Waals surface area contributed by atoms with Crippen LogP contribution < -0.4 is 10.7 Å². The molecule has 12 rings (SSSR count). The van der Waals surface area contributed by atoms with Crippen LogP contribution >= 0.6 is 0 Å². The van der Waals surface area contributed by atoms with E-state index in [-0.39, 0.29) is 22.5 Å². The van der Waals surface area contributed by atoms with E-state index in [9.17, 15) is 0 Å². The van der Waals surface area contributed by atoms with Crippen molar-refractivity contribution in [2.75, 3.05) is 0 Å². The minimum absolute atomic E-state index is 0.00337. The average Bonchev–Trinajstić information content (AvgIpc) is 3.88. The Hall–Kier alpha value is -8.43. The molecule has 0 amide bonds. The summed E-state index contributed by atoms with van der Waals surface area (Å²) < 4.78 is 84.3. The zero-order valence-corrected chi connectivity index (χ0v) is 36.1. The minimum atomic E-state index is -5.00. The van der Waals surface area contributed by atoms with Crippen molar-refractivity contribution in [3.05, 3.63) is 238 Å². The normalized spacial score (nSPS) is 14.8. The number of benzene rings is 6. The number of para-hydroxylation sites is 1. The lowest BCUT2D eigenvalue weighted by Crippen LogP contribution is -2.24. The van der Waals surface area contributed by atoms with Gasteiger partial charge in [-0.2, -0.15) is 13.2 Å². The highest BCUT2D eigenvalue weighted by Crippen LogP contribution is 2.47. The standard InChI is InChI=1S/C59H37F5N4/c60-43-29-42(30-44(61)33-43)45-25-28-54(67-52-17-9-7-15-46(52)48-23-19-38(31-55(48)67)40-21-26-50(65-34-40)36-11-3-1-4-12-36)57(59(62,63)64)58(45)68-53-18-10-8-16-47(53)49-24-20-39(32-56(49)68)41-22-27-51(66-35-41)37-13-5-2-6-14-37/h1-11,13-14,16-35H,12,15H2. The molecule has 0 saturated carbocycles. The lowest BCUT2D eigenvalue weighted by atomic mass is 9.96. The Morgan fingerprint density at radius 3 is 2.03 bits per heavy atom. The Labute approximate surface area is 386 Å². The van der Waals surface area contributed by atoms with Gasteiger partial charge in [-0.05, 0) is 94.9 Å². The molecule has 0 N–H and O–H groups in total. The molecule has 0 spiro atoms. The molecule has 0 bridgehead atoms. The second-order valence-electron chi connectivity index (χ2n) is 17.1. The summed E-state index contributed by atoms with van der Waals surface area (Å²) in [6, 6.07) is 42.4. The van der Waals surface area contributed by atoms with Gasteiger partial charge in [-0.25, -0.2) is 8.78 Å². The summed E-state index contributed by atoms with van der Waals surface area (Å²) in [5.41, 5.74) is 5.33. The van der Waals surface area contributed by atoms with Gasteiger partial charge in [0.15, 0.2) is 0 Å². The van der Waals surface area contributed by atoms with Gasteiger partial charge in [-0.1, -0.05) is 127 Å². The smallest absolute Gasteiger partial charge is 0.309 e. The van der Waals surface area contributed by atoms with Crippen molar-refractivity contribution in [1.82, 2.24) is 19.1 Å². The molecule has 0 aliphatic heterocycles. The van der Waals surface area contributed by atoms with Gasteiger partial charge >= 0.3 is 6.18 Å². The fourth-order valence-electron chi connectivity index (χ4n) is 9.96. The third kappa shape index (κ3) is 6.97. The number of pyridine rings is 2. The van der Waals surface area contributed by atoms with Crippen LogP contribution in [0.3, 0.4) is 0 Å². The van der Waals surface area contributed by atoms with Gasteiger partial charge in [0.25, 0.3) is 0 Å². The van der Waals surface area contributed by atoms with E-state index in [4.69, 9.17) is 9.97 Å². The second kappa shape index (κ2) is 16.2. The van der Waals surface area contributed by atoms with Crippen LogP contribution in [0.15, 0.2) is 194 Å². The van der Waals surface area contributed by atoms with Gasteiger partial charge in [-0.15, -0.1) is 0 Å². The van der Waals surface area contributed by atoms with Crippen molar-refractivity contribution < 1.29 is 22.0 Å². The minimum Gasteiger partial charge on any atom is -0.309 e. The maximum absolute atomic E-state index is 16.8. The molecule has 4 aromatic heterocycles. The first kappa shape index (κ1) is 41.0. The number of halogens is 5. The second-order valence-corrected chi connectivity index (χ2v) is 17.1. The first-order valence-corrected chi connectivity index (χ1v) is 22.3. The summed E-state index contributed by atoms with van der Waals surface area (Å²) in [4.78, 5) is 9.53. The van der Waals surface area contributed by atoms with Gasteiger partial charge in [0, 0.05) is 56.5 Å². The fraction of sp³-hybridized carbons (Fsp3) is 0.0508. The quantitative estimate of drug-likeness (QED) is 0.161. The summed E-state index contributed by atoms with van der Waals surface area (Å²) in [6.45, 7) is 0. The average molecular weight is 897 g/mol. The molecule has 2 aliphatic rings. The first-order chi connectivity index (χ1) is 33.2. The zero-order valence-electron chi connectivity index (χ0n) is 36.1. The number of allylic oxidation sites excluding steroid dienone is 6. The van der Waals surface area contributed by atoms with Crippen LogP contribution in [0.5, 0.6) is 0 Å². The van der Waals surface area contributed by atoms with E-state index in [1.165, 1.54) is 6.07 Å². The fourth-order valence-corrected chi connectivity index (χ4v) is 9.96. The van der Waals surface area contributed by atoms with E-state index in [0.29, 0.717) is 39.1 Å². The van der Waals surface area contributed by atoms with Crippen molar-refractivity contribution >= 4 is 44.4 Å². The molecular weight excluding hydrogens is 860 g/mol. The first-order valence-electron chi connectivity index (χ1n) is 22.3. The maximum atomic E-state index is 16.8. The maximum Gasteiger partial charge on any atom is 0.420 e. The molecule has 2 aliphatic carbocycles. The Bertz CT molecular complexity index is 3980. The SMILES string of the molecule is Fc1cc(F)cc(-c2ccc(-n3c4c(c5ccc(=c6ccc(=C7C=CC=CC7)nc6)cc53)CC=CC=4)c(C(F)(F)F)c2-n2c3ccccc3c3ccc(-c4ccc(-c5ccccc5)nc4)cc32)c1. The molecule has 0 atom stereocenters. The van der Waals surface area contributed by atoms with Crippen molar-refractivity contribution in [2.45, 2.75) is 19.0 Å². The highest BCUT2D eigenvalue weighted by Gasteiger charge is 2.40. The summed E-state index contributed by atoms with van der Waals surface area (Å²) in [5, 5.41) is 5.28. The van der Waals surface area contributed by atoms with E-state index >= 15 is 22.0 Å². The van der Waals surface area contributed by atoms with Crippen molar-refractivity contribution in [3.63, 3.8) is 0 Å². The van der Waals surface area contributed by atoms with Crippen LogP contribution in [-0.4, -0.2) is 19.1 Å². The monoisotopic (exact) mass is 896 g/mol. The third-order valence-electron chi connectivity index (χ3n) is 13.1. The molecule has 0 radical (unpaired) electrons. The molecule has 6 aromatic carbocycles. The number of fused-ring (bicyclic) bond motifs is 6. The lowest BCUT2D eigenvalue weighted by Gasteiger charge is -2.24. The van der Waals surface area contributed by atoms with E-state index in [0.717, 1.165) is 79.3 Å². The molecule has 0 saturated heterocycles. The van der Waals surface area contributed by atoms with Gasteiger partial charge in [0.1, 0.15) is 17.2 Å². The zero-order chi connectivity index (χ0) is 46.1. The van der Waals surface area contributed by atoms with Crippen LogP contribution in [0.2, 0.25) is 0 Å². The number of hydrogen-bond donors (Lipinski definition) is 0. The highest BCUT2D eigenvalue weighted by molar-refractivity contribution is 6.11. The lowest BCUT2D eigenvalue weighted by molar-refractivity contribution is -0.137. The van der Waals surface area contributed by atoms with Gasteiger partial charge in [0.2, 0.25) is 0 Å². The molecule has 68 heavy (non-hydrogen) atoms. The summed E-state index contributed by atoms with van der Waals surface area (Å²) >= 11 is 0. The summed E-state index contributed by atoms with van der Waals surface area (Å²) in [5.74, 6) is -1.82. The van der Waals surface area contributed by atoms with Crippen LogP contribution in [0.25, 0.3) is 89.2 Å². The Balaban J connectivity index is 1.17. The number of alkyl halides is 3. The van der Waals surface area contributed by atoms with Gasteiger partial charge < -0.3 is 9.13 Å². The molecule has 328 valence electrons. The highest BCUT2D eigenvalue weighted by atomic mass is 19.4. The molecular formula is C59H37F5N4. The number of hydrogen-bond acceptors (Lipinski definition) is 2. The largest absolute Gasteiger partial charge is 0.420 e. The predicted molar refractivity (Wildman–Crippen MR) is 261 cm³/mol. The van der Waals surface area contributed by atoms with Crippen LogP contribution in [0, 0.1) is 22.1 Å². The third-order valence-corrected chi connectivity index (χ3v) is 13.1. The van der Waals surface area contributed by atoms with Crippen molar-refractivity contribution in [3.8, 4) is 44.9 Å². The molecule has 0 fully saturated rings. The number of nitrogens with zero attached hydrogens (tertiary/aromatic N) is 4. The Kier molecular flexibility index (Phi) is 9.76. The summed E-state index contributed by atoms with van der Waals surface area (Å²) in [6.07, 6.45) is 13.6. The van der Waals surface area contributed by atoms with Gasteiger partial charge in [0.05, 0.1) is 44.3 Å². The van der Waals surface area contributed by atoms with Crippen molar-refractivity contribution in [1.29, 1.82) is 0 Å². The summed E-state index contributed by atoms with van der Waals surface area (Å²) in [7, 11) is 0. The Morgan fingerprint density at radius 1 is 0.515 bits per heavy atom. The van der Waals surface area contributed by atoms with Crippen molar-refractivity contribution in [2.24, 2.45) is 0 Å². The van der Waals surface area contributed by atoms with E-state index in [2.05, 4.69) is 6.08 Å². The Morgan fingerprint density at radius 2 is 1.26 bits per heavy atom. The van der Waals surface area contributed by atoms with E-state index < -0.39 is 23.4 Å². The number of rotatable bonds is 5. The predicted octanol–water partition coefficient (Wildman–Crippen LogP) is 13.7. The molecule has 4 nitrogen and oxygen atoms in total. The van der Waals surface area contributed by atoms with Gasteiger partial charge in [-0.3, -0.25) is 9.97 Å². The molecule has 0 unspecified atom stereocenters. The van der Waals surface area contributed by atoms with Crippen LogP contribution in [-0.2, 0) is 12.6 Å². The molecule has 9 heteroatoms. The van der Waals surface area contributed by atoms with E-state index in [1.807, 2.05) is 140 Å². The van der Waals surface area contributed by atoms with E-state index in [1.54, 1.807) is 39.7 Å². The molecule has 10 aromatic rings. The van der Waals surface area contributed by atoms with Crippen LogP contribution in [0.4, 0.5) is 22.0 Å². The number of aromatic nitrogens is 4. The molecule has 4 heterocycles. The topological polar surface area (TPSA) is 35.6 Å².